The summed E-state index contributed by atoms with van der Waals surface area (Å²) in [5, 5.41) is 7.43. The van der Waals surface area contributed by atoms with Crippen molar-refractivity contribution in [1.82, 2.24) is 15.5 Å². The van der Waals surface area contributed by atoms with Crippen LogP contribution in [0.15, 0.2) is 4.52 Å². The van der Waals surface area contributed by atoms with Gasteiger partial charge < -0.3 is 14.6 Å². The Bertz CT molecular complexity index is 348. The van der Waals surface area contributed by atoms with Gasteiger partial charge in [-0.25, -0.2) is 0 Å². The molecule has 1 saturated heterocycles. The molecule has 1 aliphatic rings. The number of methoxy groups -OCH3 is 1. The molecule has 0 aliphatic carbocycles. The van der Waals surface area contributed by atoms with Crippen molar-refractivity contribution in [3.8, 4) is 0 Å². The van der Waals surface area contributed by atoms with Crippen LogP contribution in [0.25, 0.3) is 0 Å². The smallest absolute Gasteiger partial charge is 0.231 e. The maximum Gasteiger partial charge on any atom is 0.231 e. The maximum atomic E-state index is 5.40. The zero-order chi connectivity index (χ0) is 12.4. The van der Waals surface area contributed by atoms with Crippen LogP contribution in [-0.2, 0) is 4.74 Å². The van der Waals surface area contributed by atoms with Crippen LogP contribution in [0.3, 0.4) is 0 Å². The van der Waals surface area contributed by atoms with E-state index in [1.165, 1.54) is 0 Å². The minimum atomic E-state index is -0.0860. The summed E-state index contributed by atoms with van der Waals surface area (Å²) in [5.41, 5.74) is 0. The number of nitrogens with zero attached hydrogens (tertiary/aromatic N) is 2. The minimum absolute atomic E-state index is 0.0860. The number of rotatable bonds is 4. The topological polar surface area (TPSA) is 60.2 Å². The Labute approximate surface area is 102 Å². The first-order valence-electron chi connectivity index (χ1n) is 6.23. The van der Waals surface area contributed by atoms with Crippen molar-refractivity contribution >= 4 is 0 Å². The molecule has 1 aromatic rings. The second-order valence-electron chi connectivity index (χ2n) is 5.03. The number of aromatic nitrogens is 2. The zero-order valence-corrected chi connectivity index (χ0v) is 10.9. The second kappa shape index (κ2) is 5.14. The largest absolute Gasteiger partial charge is 0.373 e. The molecule has 1 aromatic heterocycles. The SMILES string of the molecule is COC(c1noc(C2CCNC2C)n1)C(C)C. The lowest BCUT2D eigenvalue weighted by Crippen LogP contribution is -2.21. The minimum Gasteiger partial charge on any atom is -0.373 e. The fourth-order valence-corrected chi connectivity index (χ4v) is 2.39. The molecule has 0 amide bonds. The van der Waals surface area contributed by atoms with Crippen LogP contribution in [0, 0.1) is 5.92 Å². The molecule has 1 aliphatic heterocycles. The van der Waals surface area contributed by atoms with Gasteiger partial charge in [-0.15, -0.1) is 0 Å². The van der Waals surface area contributed by atoms with E-state index in [1.807, 2.05) is 0 Å². The molecule has 1 fully saturated rings. The standard InChI is InChI=1S/C12H21N3O2/c1-7(2)10(16-4)11-14-12(17-15-11)9-5-6-13-8(9)3/h7-10,13H,5-6H2,1-4H3. The third-order valence-corrected chi connectivity index (χ3v) is 3.41. The molecule has 5 nitrogen and oxygen atoms in total. The van der Waals surface area contributed by atoms with Gasteiger partial charge in [-0.05, 0) is 25.8 Å². The third kappa shape index (κ3) is 2.50. The summed E-state index contributed by atoms with van der Waals surface area (Å²) >= 11 is 0. The van der Waals surface area contributed by atoms with Crippen LogP contribution in [0.4, 0.5) is 0 Å². The molecule has 0 spiro atoms. The first-order valence-corrected chi connectivity index (χ1v) is 6.23. The van der Waals surface area contributed by atoms with E-state index in [4.69, 9.17) is 9.26 Å². The van der Waals surface area contributed by atoms with Crippen LogP contribution in [0.2, 0.25) is 0 Å². The molecule has 5 heteroatoms. The van der Waals surface area contributed by atoms with Crippen LogP contribution < -0.4 is 5.32 Å². The highest BCUT2D eigenvalue weighted by atomic mass is 16.5. The highest BCUT2D eigenvalue weighted by Gasteiger charge is 2.31. The van der Waals surface area contributed by atoms with E-state index in [0.29, 0.717) is 23.7 Å². The Morgan fingerprint density at radius 2 is 2.24 bits per heavy atom. The van der Waals surface area contributed by atoms with Crippen LogP contribution in [0.5, 0.6) is 0 Å². The van der Waals surface area contributed by atoms with E-state index in [9.17, 15) is 0 Å². The van der Waals surface area contributed by atoms with Crippen molar-refractivity contribution in [3.05, 3.63) is 11.7 Å². The lowest BCUT2D eigenvalue weighted by Gasteiger charge is -2.14. The molecule has 0 aromatic carbocycles. The van der Waals surface area contributed by atoms with Crippen molar-refractivity contribution in [2.24, 2.45) is 5.92 Å². The monoisotopic (exact) mass is 239 g/mol. The molecule has 0 radical (unpaired) electrons. The van der Waals surface area contributed by atoms with Gasteiger partial charge in [0.25, 0.3) is 0 Å². The predicted octanol–water partition coefficient (Wildman–Crippen LogP) is 1.88. The lowest BCUT2D eigenvalue weighted by molar-refractivity contribution is 0.0555. The van der Waals surface area contributed by atoms with Gasteiger partial charge in [-0.1, -0.05) is 19.0 Å². The fraction of sp³-hybridized carbons (Fsp3) is 0.833. The van der Waals surface area contributed by atoms with Crippen LogP contribution in [-0.4, -0.2) is 29.8 Å². The molecule has 0 saturated carbocycles. The summed E-state index contributed by atoms with van der Waals surface area (Å²) in [6, 6.07) is 0.406. The van der Waals surface area contributed by atoms with E-state index >= 15 is 0 Å². The summed E-state index contributed by atoms with van der Waals surface area (Å²) in [6.07, 6.45) is 0.972. The Kier molecular flexibility index (Phi) is 3.79. The quantitative estimate of drug-likeness (QED) is 0.869. The van der Waals surface area contributed by atoms with Crippen LogP contribution >= 0.6 is 0 Å². The normalized spacial score (nSPS) is 26.6. The predicted molar refractivity (Wildman–Crippen MR) is 63.7 cm³/mol. The molecule has 2 rings (SSSR count). The number of nitrogens with one attached hydrogen (secondary N) is 1. The van der Waals surface area contributed by atoms with Crippen molar-refractivity contribution < 1.29 is 9.26 Å². The maximum absolute atomic E-state index is 5.40. The molecular formula is C12H21N3O2. The fourth-order valence-electron chi connectivity index (χ4n) is 2.39. The summed E-state index contributed by atoms with van der Waals surface area (Å²) in [7, 11) is 1.68. The Morgan fingerprint density at radius 1 is 1.47 bits per heavy atom. The van der Waals surface area contributed by atoms with Gasteiger partial charge in [0, 0.05) is 13.2 Å². The van der Waals surface area contributed by atoms with Gasteiger partial charge >= 0.3 is 0 Å². The molecule has 0 bridgehead atoms. The first kappa shape index (κ1) is 12.5. The Balaban J connectivity index is 2.14. The summed E-state index contributed by atoms with van der Waals surface area (Å²) in [6.45, 7) is 7.34. The van der Waals surface area contributed by atoms with Gasteiger partial charge in [0.2, 0.25) is 11.7 Å². The van der Waals surface area contributed by atoms with Gasteiger partial charge in [0.1, 0.15) is 6.10 Å². The molecular weight excluding hydrogens is 218 g/mol. The number of hydrogen-bond donors (Lipinski definition) is 1. The van der Waals surface area contributed by atoms with Gasteiger partial charge in [-0.2, -0.15) is 4.98 Å². The molecule has 3 atom stereocenters. The van der Waals surface area contributed by atoms with E-state index in [0.717, 1.165) is 18.9 Å². The average molecular weight is 239 g/mol. The van der Waals surface area contributed by atoms with E-state index in [1.54, 1.807) is 7.11 Å². The summed E-state index contributed by atoms with van der Waals surface area (Å²) < 4.78 is 10.8. The average Bonchev–Trinajstić information content (AvgIpc) is 2.87. The van der Waals surface area contributed by atoms with Crippen molar-refractivity contribution in [2.75, 3.05) is 13.7 Å². The second-order valence-corrected chi connectivity index (χ2v) is 5.03. The third-order valence-electron chi connectivity index (χ3n) is 3.41. The molecule has 3 unspecified atom stereocenters. The van der Waals surface area contributed by atoms with Gasteiger partial charge in [0.15, 0.2) is 0 Å². The summed E-state index contributed by atoms with van der Waals surface area (Å²) in [5.74, 6) is 2.07. The van der Waals surface area contributed by atoms with Crippen molar-refractivity contribution in [3.63, 3.8) is 0 Å². The molecule has 1 N–H and O–H groups in total. The van der Waals surface area contributed by atoms with E-state index in [2.05, 4.69) is 36.2 Å². The Morgan fingerprint density at radius 3 is 2.76 bits per heavy atom. The van der Waals surface area contributed by atoms with Crippen molar-refractivity contribution in [2.45, 2.75) is 45.3 Å². The molecule has 2 heterocycles. The van der Waals surface area contributed by atoms with Crippen LogP contribution in [0.1, 0.15) is 50.9 Å². The molecule has 17 heavy (non-hydrogen) atoms. The lowest BCUT2D eigenvalue weighted by atomic mass is 10.0. The number of ether oxygens (including phenoxy) is 1. The zero-order valence-electron chi connectivity index (χ0n) is 10.9. The van der Waals surface area contributed by atoms with Gasteiger partial charge in [-0.3, -0.25) is 0 Å². The van der Waals surface area contributed by atoms with Gasteiger partial charge in [0.05, 0.1) is 5.92 Å². The number of hydrogen-bond acceptors (Lipinski definition) is 5. The van der Waals surface area contributed by atoms with E-state index in [-0.39, 0.29) is 6.10 Å². The Hall–Kier alpha value is -0.940. The highest BCUT2D eigenvalue weighted by molar-refractivity contribution is 5.03. The first-order chi connectivity index (χ1) is 8.13. The molecule has 96 valence electrons. The van der Waals surface area contributed by atoms with Crippen molar-refractivity contribution in [1.29, 1.82) is 0 Å². The highest BCUT2D eigenvalue weighted by Crippen LogP contribution is 2.29. The summed E-state index contributed by atoms with van der Waals surface area (Å²) in [4.78, 5) is 4.49. The van der Waals surface area contributed by atoms with E-state index < -0.39 is 0 Å².